The molecule has 0 bridgehead atoms. The van der Waals surface area contributed by atoms with Crippen molar-refractivity contribution in [1.29, 1.82) is 0 Å². The fourth-order valence-electron chi connectivity index (χ4n) is 4.50. The molecule has 1 aliphatic rings. The Morgan fingerprint density at radius 2 is 1.82 bits per heavy atom. The molecular weight excluding hydrogens is 523 g/mol. The van der Waals surface area contributed by atoms with E-state index in [1.165, 1.54) is 30.9 Å². The zero-order chi connectivity index (χ0) is 26.6. The molecular formula is C24H17ClF3N9O. The fourth-order valence-corrected chi connectivity index (χ4v) is 4.62. The molecule has 1 unspecified atom stereocenters. The summed E-state index contributed by atoms with van der Waals surface area (Å²) < 4.78 is 44.1. The molecule has 0 saturated carbocycles. The van der Waals surface area contributed by atoms with Gasteiger partial charge < -0.3 is 11.1 Å². The molecule has 6 rings (SSSR count). The quantitative estimate of drug-likeness (QED) is 0.347. The van der Waals surface area contributed by atoms with Gasteiger partial charge in [-0.2, -0.15) is 23.4 Å². The number of nitrogens with zero attached hydrogens (tertiary/aromatic N) is 7. The average Bonchev–Trinajstić information content (AvgIpc) is 3.48. The van der Waals surface area contributed by atoms with E-state index >= 15 is 0 Å². The van der Waals surface area contributed by atoms with Crippen LogP contribution < -0.4 is 11.1 Å². The normalized spacial score (nSPS) is 15.5. The van der Waals surface area contributed by atoms with E-state index < -0.39 is 23.3 Å². The van der Waals surface area contributed by atoms with E-state index in [0.717, 1.165) is 28.8 Å². The molecule has 1 fully saturated rings. The van der Waals surface area contributed by atoms with Gasteiger partial charge in [-0.1, -0.05) is 35.9 Å². The molecule has 1 aromatic carbocycles. The van der Waals surface area contributed by atoms with Gasteiger partial charge in [-0.05, 0) is 24.4 Å². The monoisotopic (exact) mass is 539 g/mol. The van der Waals surface area contributed by atoms with Gasteiger partial charge >= 0.3 is 6.18 Å². The number of hydrogen-bond acceptors (Lipinski definition) is 7. The maximum atomic E-state index is 14.5. The van der Waals surface area contributed by atoms with Gasteiger partial charge in [0, 0.05) is 17.1 Å². The molecule has 1 atom stereocenters. The fraction of sp³-hybridized carbons (Fsp3) is 0.167. The summed E-state index contributed by atoms with van der Waals surface area (Å²) in [5.74, 6) is -1.28. The minimum absolute atomic E-state index is 0.0334. The highest BCUT2D eigenvalue weighted by Gasteiger charge is 2.43. The van der Waals surface area contributed by atoms with Crippen molar-refractivity contribution < 1.29 is 18.0 Å². The average molecular weight is 540 g/mol. The van der Waals surface area contributed by atoms with Crippen LogP contribution in [0.3, 0.4) is 0 Å². The predicted octanol–water partition coefficient (Wildman–Crippen LogP) is 3.87. The van der Waals surface area contributed by atoms with Crippen LogP contribution in [-0.4, -0.2) is 47.2 Å². The standard InChI is InChI=1S/C24H17ClF3N9O/c25-18-11-33-37(34-18)13-7-12(8-30-9-13)36-22(24(26,27)28)19(23(29)38)21(35-36)16-10-32-20(17-5-6-31-17)15-4-2-1-3-14(15)16/h1-4,7-11,17,31H,5-6H2,(H2,29,38). The number of pyridine rings is 2. The number of nitrogens with two attached hydrogens (primary N) is 1. The molecule has 10 nitrogen and oxygen atoms in total. The largest absolute Gasteiger partial charge is 0.434 e. The van der Waals surface area contributed by atoms with E-state index in [-0.39, 0.29) is 33.8 Å². The lowest BCUT2D eigenvalue weighted by Gasteiger charge is -2.28. The molecule has 38 heavy (non-hydrogen) atoms. The molecule has 14 heteroatoms. The summed E-state index contributed by atoms with van der Waals surface area (Å²) in [4.78, 5) is 22.2. The lowest BCUT2D eigenvalue weighted by Crippen LogP contribution is -2.35. The molecule has 1 amide bonds. The van der Waals surface area contributed by atoms with Gasteiger partial charge in [0.15, 0.2) is 10.8 Å². The molecule has 0 radical (unpaired) electrons. The number of amides is 1. The van der Waals surface area contributed by atoms with Gasteiger partial charge in [0.2, 0.25) is 0 Å². The zero-order valence-electron chi connectivity index (χ0n) is 19.3. The third kappa shape index (κ3) is 3.96. The summed E-state index contributed by atoms with van der Waals surface area (Å²) in [6, 6.07) is 8.53. The Bertz CT molecular complexity index is 1710. The highest BCUT2D eigenvalue weighted by atomic mass is 35.5. The second-order valence-electron chi connectivity index (χ2n) is 8.60. The van der Waals surface area contributed by atoms with Crippen LogP contribution in [0.2, 0.25) is 5.15 Å². The number of benzene rings is 1. The predicted molar refractivity (Wildman–Crippen MR) is 131 cm³/mol. The second-order valence-corrected chi connectivity index (χ2v) is 8.99. The van der Waals surface area contributed by atoms with Gasteiger partial charge in [0.05, 0.1) is 41.6 Å². The van der Waals surface area contributed by atoms with Crippen molar-refractivity contribution in [3.63, 3.8) is 0 Å². The van der Waals surface area contributed by atoms with Crippen LogP contribution in [0.15, 0.2) is 55.1 Å². The minimum Gasteiger partial charge on any atom is -0.365 e. The maximum absolute atomic E-state index is 14.5. The molecule has 5 heterocycles. The number of rotatable bonds is 5. The summed E-state index contributed by atoms with van der Waals surface area (Å²) in [7, 11) is 0. The summed E-state index contributed by atoms with van der Waals surface area (Å²) in [5.41, 5.74) is 4.34. The number of carbonyl (C=O) groups is 1. The number of nitrogens with one attached hydrogen (secondary N) is 1. The second kappa shape index (κ2) is 8.89. The Morgan fingerprint density at radius 1 is 1.08 bits per heavy atom. The highest BCUT2D eigenvalue weighted by Crippen LogP contribution is 2.41. The Morgan fingerprint density at radius 3 is 2.45 bits per heavy atom. The van der Waals surface area contributed by atoms with Gasteiger partial charge in [-0.15, -0.1) is 9.90 Å². The lowest BCUT2D eigenvalue weighted by molar-refractivity contribution is -0.143. The SMILES string of the molecule is NC(=O)c1c(-c2cnc(C3CCN3)c3ccccc23)nn(-c2cncc(-n3ncc(Cl)n3)c2)c1C(F)(F)F. The van der Waals surface area contributed by atoms with Gasteiger partial charge in [0.25, 0.3) is 5.91 Å². The van der Waals surface area contributed by atoms with Crippen molar-refractivity contribution >= 4 is 28.3 Å². The van der Waals surface area contributed by atoms with Crippen molar-refractivity contribution in [3.8, 4) is 22.6 Å². The third-order valence-corrected chi connectivity index (χ3v) is 6.46. The highest BCUT2D eigenvalue weighted by molar-refractivity contribution is 6.29. The van der Waals surface area contributed by atoms with E-state index in [1.54, 1.807) is 12.1 Å². The zero-order valence-corrected chi connectivity index (χ0v) is 20.1. The van der Waals surface area contributed by atoms with Crippen molar-refractivity contribution in [3.05, 3.63) is 77.2 Å². The lowest BCUT2D eigenvalue weighted by atomic mass is 9.94. The molecule has 4 aromatic heterocycles. The van der Waals surface area contributed by atoms with Gasteiger partial charge in [-0.25, -0.2) is 4.68 Å². The Hall–Kier alpha value is -4.36. The Labute approximate surface area is 217 Å². The first kappa shape index (κ1) is 24.0. The topological polar surface area (TPSA) is 129 Å². The Balaban J connectivity index is 1.60. The van der Waals surface area contributed by atoms with Gasteiger partial charge in [-0.3, -0.25) is 14.8 Å². The Kier molecular flexibility index (Phi) is 5.61. The third-order valence-electron chi connectivity index (χ3n) is 6.28. The number of fused-ring (bicyclic) bond motifs is 1. The molecule has 1 aliphatic heterocycles. The summed E-state index contributed by atoms with van der Waals surface area (Å²) in [6.45, 7) is 0.848. The molecule has 0 spiro atoms. The van der Waals surface area contributed by atoms with E-state index in [4.69, 9.17) is 17.3 Å². The van der Waals surface area contributed by atoms with E-state index in [2.05, 4.69) is 30.6 Å². The van der Waals surface area contributed by atoms with Crippen LogP contribution in [0.4, 0.5) is 13.2 Å². The maximum Gasteiger partial charge on any atom is 0.434 e. The van der Waals surface area contributed by atoms with E-state index in [0.29, 0.717) is 10.1 Å². The van der Waals surface area contributed by atoms with Crippen LogP contribution in [0, 0.1) is 0 Å². The van der Waals surface area contributed by atoms with Crippen LogP contribution in [0.1, 0.15) is 34.2 Å². The number of carbonyl (C=O) groups excluding carboxylic acids is 1. The molecule has 0 aliphatic carbocycles. The minimum atomic E-state index is -4.99. The first-order chi connectivity index (χ1) is 18.2. The summed E-state index contributed by atoms with van der Waals surface area (Å²) >= 11 is 5.83. The number of alkyl halides is 3. The number of aromatic nitrogens is 7. The molecule has 192 valence electrons. The van der Waals surface area contributed by atoms with Crippen LogP contribution in [0.25, 0.3) is 33.4 Å². The van der Waals surface area contributed by atoms with Crippen molar-refractivity contribution in [2.75, 3.05) is 6.54 Å². The van der Waals surface area contributed by atoms with E-state index in [1.807, 2.05) is 12.1 Å². The summed E-state index contributed by atoms with van der Waals surface area (Å²) in [6.07, 6.45) is 1.12. The molecule has 3 N–H and O–H groups in total. The first-order valence-corrected chi connectivity index (χ1v) is 11.7. The smallest absolute Gasteiger partial charge is 0.365 e. The van der Waals surface area contributed by atoms with Crippen molar-refractivity contribution in [2.24, 2.45) is 5.73 Å². The first-order valence-electron chi connectivity index (χ1n) is 11.4. The number of hydrogen-bond donors (Lipinski definition) is 2. The number of primary amides is 1. The number of halogens is 4. The van der Waals surface area contributed by atoms with Crippen LogP contribution in [0.5, 0.6) is 0 Å². The molecule has 5 aromatic rings. The van der Waals surface area contributed by atoms with E-state index in [9.17, 15) is 18.0 Å². The van der Waals surface area contributed by atoms with Gasteiger partial charge in [0.1, 0.15) is 11.4 Å². The van der Waals surface area contributed by atoms with Crippen LogP contribution >= 0.6 is 11.6 Å². The van der Waals surface area contributed by atoms with Crippen molar-refractivity contribution in [1.82, 2.24) is 40.1 Å². The summed E-state index contributed by atoms with van der Waals surface area (Å²) in [5, 5.41) is 16.9. The van der Waals surface area contributed by atoms with Crippen molar-refractivity contribution in [2.45, 2.75) is 18.6 Å². The van der Waals surface area contributed by atoms with Crippen LogP contribution in [-0.2, 0) is 6.18 Å². The molecule has 1 saturated heterocycles.